The molecule has 0 aliphatic carbocycles. The molecule has 4 heterocycles. The Morgan fingerprint density at radius 3 is 1.84 bits per heavy atom. The van der Waals surface area contributed by atoms with E-state index < -0.39 is 5.54 Å². The number of nitrogens with one attached hydrogen (secondary N) is 3. The third kappa shape index (κ3) is 10.1. The third-order valence-electron chi connectivity index (χ3n) is 10.8. The lowest BCUT2D eigenvalue weighted by Crippen LogP contribution is -2.59. The molecule has 0 aromatic carbocycles. The van der Waals surface area contributed by atoms with E-state index in [9.17, 15) is 5.21 Å². The molecule has 0 saturated carbocycles. The van der Waals surface area contributed by atoms with Gasteiger partial charge in [0, 0.05) is 40.8 Å². The minimum atomic E-state index is -0.691. The first kappa shape index (κ1) is 36.1. The van der Waals surface area contributed by atoms with Crippen molar-refractivity contribution in [3.05, 3.63) is 30.6 Å². The van der Waals surface area contributed by atoms with Crippen molar-refractivity contribution < 1.29 is 5.21 Å². The summed E-state index contributed by atoms with van der Waals surface area (Å²) in [6.07, 6.45) is 22.9. The normalized spacial score (nSPS) is 27.8. The number of allylic oxidation sites excluding steroid dienone is 1. The number of aliphatic imine (C=N–C) groups is 1. The summed E-state index contributed by atoms with van der Waals surface area (Å²) in [5, 5.41) is 18.6. The molecule has 0 amide bonds. The van der Waals surface area contributed by atoms with Crippen molar-refractivity contribution in [2.45, 2.75) is 173 Å². The minimum Gasteiger partial charge on any atom is -0.317 e. The van der Waals surface area contributed by atoms with Crippen LogP contribution in [0.3, 0.4) is 0 Å². The molecule has 4 N–H and O–H groups in total. The maximum Gasteiger partial charge on any atom is 0.163 e. The van der Waals surface area contributed by atoms with Crippen LogP contribution in [0, 0.1) is 23.7 Å². The molecule has 4 rings (SSSR count). The van der Waals surface area contributed by atoms with Gasteiger partial charge < -0.3 is 15.8 Å². The van der Waals surface area contributed by atoms with Crippen LogP contribution in [0.5, 0.6) is 0 Å². The average molecular weight is 624 g/mol. The second kappa shape index (κ2) is 14.6. The molecule has 4 atom stereocenters. The summed E-state index contributed by atoms with van der Waals surface area (Å²) in [6, 6.07) is -0.144. The van der Waals surface area contributed by atoms with Crippen molar-refractivity contribution >= 4 is 6.21 Å². The van der Waals surface area contributed by atoms with Gasteiger partial charge in [-0.05, 0) is 130 Å². The first-order chi connectivity index (χ1) is 21.1. The second-order valence-electron chi connectivity index (χ2n) is 17.5. The maximum atomic E-state index is 10.7. The van der Waals surface area contributed by atoms with Crippen molar-refractivity contribution in [3.63, 3.8) is 0 Å². The van der Waals surface area contributed by atoms with Crippen LogP contribution in [0.4, 0.5) is 0 Å². The van der Waals surface area contributed by atoms with Gasteiger partial charge in [0.15, 0.2) is 5.82 Å². The van der Waals surface area contributed by atoms with E-state index in [4.69, 9.17) is 4.99 Å². The molecular weight excluding hydrogens is 558 g/mol. The number of hydroxylamine groups is 1. The third-order valence-corrected chi connectivity index (χ3v) is 10.8. The molecule has 8 heteroatoms. The highest BCUT2D eigenvalue weighted by Crippen LogP contribution is 2.47. The summed E-state index contributed by atoms with van der Waals surface area (Å²) in [4.78, 5) is 17.9. The molecule has 3 aliphatic rings. The van der Waals surface area contributed by atoms with E-state index in [0.29, 0.717) is 35.9 Å². The quantitative estimate of drug-likeness (QED) is 0.118. The Kier molecular flexibility index (Phi) is 11.7. The highest BCUT2D eigenvalue weighted by atomic mass is 16.5. The second-order valence-corrected chi connectivity index (χ2v) is 17.5. The number of rotatable bonds is 15. The van der Waals surface area contributed by atoms with Gasteiger partial charge in [-0.25, -0.2) is 20.4 Å². The summed E-state index contributed by atoms with van der Waals surface area (Å²) >= 11 is 0. The molecule has 2 fully saturated rings. The van der Waals surface area contributed by atoms with E-state index in [1.165, 1.54) is 51.4 Å². The Bertz CT molecular complexity index is 1080. The number of aromatic nitrogens is 3. The van der Waals surface area contributed by atoms with E-state index in [1.54, 1.807) is 12.7 Å². The van der Waals surface area contributed by atoms with Crippen LogP contribution in [0.25, 0.3) is 0 Å². The molecule has 3 aliphatic heterocycles. The molecule has 8 nitrogen and oxygen atoms in total. The van der Waals surface area contributed by atoms with Crippen molar-refractivity contribution in [3.8, 4) is 0 Å². The van der Waals surface area contributed by atoms with Gasteiger partial charge in [-0.15, -0.1) is 0 Å². The van der Waals surface area contributed by atoms with Crippen molar-refractivity contribution in [2.75, 3.05) is 0 Å². The van der Waals surface area contributed by atoms with Gasteiger partial charge in [0.25, 0.3) is 0 Å². The van der Waals surface area contributed by atoms with Crippen LogP contribution in [0.2, 0.25) is 0 Å². The van der Waals surface area contributed by atoms with E-state index in [-0.39, 0.29) is 28.2 Å². The summed E-state index contributed by atoms with van der Waals surface area (Å²) in [7, 11) is 0. The van der Waals surface area contributed by atoms with Crippen LogP contribution in [-0.2, 0) is 5.54 Å². The van der Waals surface area contributed by atoms with E-state index in [1.807, 2.05) is 12.3 Å². The standard InChI is InChI=1S/C37H65N7O/c1-10-11-12-13-15-27(29-20-33(2,3)43-34(4,5)21-29)18-28(30-22-35(6,7)44-36(8,9)23-30)19-31(42-45)24-37(16-14-17-41-37)32-39-25-38-26-40-32/h14,16-17,25-31,42-45H,10-13,15,18-24H2,1-9H3. The van der Waals surface area contributed by atoms with Gasteiger partial charge >= 0.3 is 0 Å². The summed E-state index contributed by atoms with van der Waals surface area (Å²) in [5.41, 5.74) is 2.45. The van der Waals surface area contributed by atoms with Crippen LogP contribution in [-0.4, -0.2) is 54.6 Å². The lowest BCUT2D eigenvalue weighted by molar-refractivity contribution is 0.0315. The first-order valence-electron chi connectivity index (χ1n) is 17.9. The molecule has 254 valence electrons. The summed E-state index contributed by atoms with van der Waals surface area (Å²) in [5.74, 6) is 3.01. The average Bonchev–Trinajstić information content (AvgIpc) is 3.40. The van der Waals surface area contributed by atoms with Crippen LogP contribution in [0.15, 0.2) is 29.8 Å². The van der Waals surface area contributed by atoms with Gasteiger partial charge in [-0.2, -0.15) is 0 Å². The predicted molar refractivity (Wildman–Crippen MR) is 185 cm³/mol. The highest BCUT2D eigenvalue weighted by molar-refractivity contribution is 5.75. The Hall–Kier alpha value is -1.74. The van der Waals surface area contributed by atoms with Gasteiger partial charge in [-0.1, -0.05) is 39.0 Å². The Morgan fingerprint density at radius 2 is 1.36 bits per heavy atom. The largest absolute Gasteiger partial charge is 0.317 e. The van der Waals surface area contributed by atoms with Gasteiger partial charge in [0.05, 0.1) is 0 Å². The predicted octanol–water partition coefficient (Wildman–Crippen LogP) is 7.54. The zero-order chi connectivity index (χ0) is 32.9. The molecule has 0 bridgehead atoms. The maximum absolute atomic E-state index is 10.7. The van der Waals surface area contributed by atoms with Crippen molar-refractivity contribution in [1.29, 1.82) is 0 Å². The zero-order valence-corrected chi connectivity index (χ0v) is 30.0. The van der Waals surface area contributed by atoms with E-state index in [0.717, 1.165) is 19.3 Å². The molecule has 0 radical (unpaired) electrons. The number of hydrogen-bond acceptors (Lipinski definition) is 8. The molecule has 1 aromatic heterocycles. The molecule has 45 heavy (non-hydrogen) atoms. The fraction of sp³-hybridized carbons (Fsp3) is 0.838. The van der Waals surface area contributed by atoms with E-state index in [2.05, 4.69) is 99.5 Å². The zero-order valence-electron chi connectivity index (χ0n) is 30.0. The molecule has 1 aromatic rings. The van der Waals surface area contributed by atoms with Crippen molar-refractivity contribution in [2.24, 2.45) is 28.7 Å². The molecule has 4 unspecified atom stereocenters. The van der Waals surface area contributed by atoms with Gasteiger partial charge in [0.2, 0.25) is 0 Å². The Balaban J connectivity index is 1.65. The summed E-state index contributed by atoms with van der Waals surface area (Å²) in [6.45, 7) is 21.4. The SMILES string of the molecule is CCCCCCC(CC(CC(CC1(c2ncncn2)C=CC=N1)NO)C1CC(C)(C)NC(C)(C)C1)C1CC(C)(C)NC(C)(C)C1. The van der Waals surface area contributed by atoms with Crippen molar-refractivity contribution in [1.82, 2.24) is 31.1 Å². The smallest absolute Gasteiger partial charge is 0.163 e. The van der Waals surface area contributed by atoms with Crippen LogP contribution >= 0.6 is 0 Å². The molecule has 0 spiro atoms. The number of unbranched alkanes of at least 4 members (excludes halogenated alkanes) is 3. The van der Waals surface area contributed by atoms with Crippen LogP contribution < -0.4 is 16.1 Å². The number of piperidine rings is 2. The molecule has 2 saturated heterocycles. The Labute approximate surface area is 274 Å². The number of hydrogen-bond donors (Lipinski definition) is 4. The van der Waals surface area contributed by atoms with Crippen LogP contribution in [0.1, 0.15) is 145 Å². The van der Waals surface area contributed by atoms with E-state index >= 15 is 0 Å². The monoisotopic (exact) mass is 624 g/mol. The fourth-order valence-electron chi connectivity index (χ4n) is 9.87. The highest BCUT2D eigenvalue weighted by Gasteiger charge is 2.45. The minimum absolute atomic E-state index is 0.0623. The fourth-order valence-corrected chi connectivity index (χ4v) is 9.87. The number of nitrogens with zero attached hydrogens (tertiary/aromatic N) is 4. The summed E-state index contributed by atoms with van der Waals surface area (Å²) < 4.78 is 0. The lowest BCUT2D eigenvalue weighted by atomic mass is 9.63. The van der Waals surface area contributed by atoms with Gasteiger partial charge in [0.1, 0.15) is 18.2 Å². The molecular formula is C37H65N7O. The topological polar surface area (TPSA) is 107 Å². The Morgan fingerprint density at radius 1 is 0.800 bits per heavy atom. The first-order valence-corrected chi connectivity index (χ1v) is 17.9. The van der Waals surface area contributed by atoms with Gasteiger partial charge in [-0.3, -0.25) is 4.99 Å². The lowest BCUT2D eigenvalue weighted by Gasteiger charge is -2.51.